The topological polar surface area (TPSA) is 61.4 Å². The van der Waals surface area contributed by atoms with Crippen molar-refractivity contribution in [2.24, 2.45) is 0 Å². The molecule has 0 aliphatic heterocycles. The van der Waals surface area contributed by atoms with Crippen LogP contribution in [-0.2, 0) is 6.42 Å². The summed E-state index contributed by atoms with van der Waals surface area (Å²) in [6, 6.07) is 5.56. The zero-order chi connectivity index (χ0) is 15.4. The van der Waals surface area contributed by atoms with Gasteiger partial charge in [0.1, 0.15) is 0 Å². The van der Waals surface area contributed by atoms with E-state index < -0.39 is 0 Å². The minimum Gasteiger partial charge on any atom is -0.395 e. The van der Waals surface area contributed by atoms with E-state index in [9.17, 15) is 9.90 Å². The number of aliphatic hydroxyl groups is 1. The lowest BCUT2D eigenvalue weighted by Gasteiger charge is -2.23. The minimum atomic E-state index is -0.192. The van der Waals surface area contributed by atoms with Crippen LogP contribution in [0.3, 0.4) is 0 Å². The highest BCUT2D eigenvalue weighted by Crippen LogP contribution is 2.32. The summed E-state index contributed by atoms with van der Waals surface area (Å²) in [5.74, 6) is 0. The lowest BCUT2D eigenvalue weighted by atomic mass is 10.1. The van der Waals surface area contributed by atoms with E-state index in [0.717, 1.165) is 23.4 Å². The van der Waals surface area contributed by atoms with Gasteiger partial charge in [0.2, 0.25) is 0 Å². The molecule has 3 N–H and O–H groups in total. The van der Waals surface area contributed by atoms with Gasteiger partial charge in [-0.25, -0.2) is 4.79 Å². The molecule has 0 spiro atoms. The zero-order valence-corrected chi connectivity index (χ0v) is 13.8. The highest BCUT2D eigenvalue weighted by molar-refractivity contribution is 7.99. The average Bonchev–Trinajstić information content (AvgIpc) is 2.82. The van der Waals surface area contributed by atoms with E-state index >= 15 is 0 Å². The van der Waals surface area contributed by atoms with Crippen LogP contribution in [0, 0.1) is 0 Å². The number of carbonyl (C=O) groups excluding carboxylic acids is 1. The standard InChI is InChI=1S/C15H21ClN2O2S/c1-9(14(8-19)21-2)17-15(20)18-13-6-3-10-7-11(16)4-5-12(10)13/h4-5,7,9,13-14,19H,3,6,8H2,1-2H3,(H2,17,18,20). The number of rotatable bonds is 5. The maximum atomic E-state index is 12.1. The Bertz CT molecular complexity index is 508. The maximum absolute atomic E-state index is 12.1. The van der Waals surface area contributed by atoms with E-state index in [1.807, 2.05) is 31.4 Å². The van der Waals surface area contributed by atoms with E-state index in [0.29, 0.717) is 0 Å². The van der Waals surface area contributed by atoms with Gasteiger partial charge in [-0.05, 0) is 49.3 Å². The highest BCUT2D eigenvalue weighted by atomic mass is 35.5. The van der Waals surface area contributed by atoms with Crippen LogP contribution < -0.4 is 10.6 Å². The van der Waals surface area contributed by atoms with Crippen molar-refractivity contribution in [1.82, 2.24) is 10.6 Å². The average molecular weight is 329 g/mol. The summed E-state index contributed by atoms with van der Waals surface area (Å²) in [5.41, 5.74) is 2.35. The molecule has 0 saturated heterocycles. The monoisotopic (exact) mass is 328 g/mol. The largest absolute Gasteiger partial charge is 0.395 e. The third-order valence-corrected chi connectivity index (χ3v) is 5.29. The Morgan fingerprint density at radius 1 is 1.57 bits per heavy atom. The fourth-order valence-electron chi connectivity index (χ4n) is 2.67. The van der Waals surface area contributed by atoms with Gasteiger partial charge in [-0.15, -0.1) is 0 Å². The first kappa shape index (κ1) is 16.5. The van der Waals surface area contributed by atoms with Crippen molar-refractivity contribution < 1.29 is 9.90 Å². The van der Waals surface area contributed by atoms with Crippen LogP contribution in [0.4, 0.5) is 4.79 Å². The SMILES string of the molecule is CSC(CO)C(C)NC(=O)NC1CCc2cc(Cl)ccc21. The summed E-state index contributed by atoms with van der Waals surface area (Å²) in [6.45, 7) is 1.95. The van der Waals surface area contributed by atoms with Crippen molar-refractivity contribution in [3.8, 4) is 0 Å². The maximum Gasteiger partial charge on any atom is 0.315 e. The molecule has 0 heterocycles. The van der Waals surface area contributed by atoms with Gasteiger partial charge in [-0.1, -0.05) is 17.7 Å². The number of carbonyl (C=O) groups is 1. The van der Waals surface area contributed by atoms with Gasteiger partial charge in [-0.3, -0.25) is 0 Å². The molecule has 6 heteroatoms. The van der Waals surface area contributed by atoms with Crippen molar-refractivity contribution in [1.29, 1.82) is 0 Å². The fourth-order valence-corrected chi connectivity index (χ4v) is 3.49. The first-order valence-electron chi connectivity index (χ1n) is 7.04. The number of benzene rings is 1. The zero-order valence-electron chi connectivity index (χ0n) is 12.2. The minimum absolute atomic E-state index is 0.00502. The predicted molar refractivity (Wildman–Crippen MR) is 88.0 cm³/mol. The number of halogens is 1. The molecule has 0 bridgehead atoms. The van der Waals surface area contributed by atoms with Crippen LogP contribution in [0.2, 0.25) is 5.02 Å². The van der Waals surface area contributed by atoms with Crippen LogP contribution >= 0.6 is 23.4 Å². The van der Waals surface area contributed by atoms with E-state index in [1.54, 1.807) is 11.8 Å². The predicted octanol–water partition coefficient (Wildman–Crippen LogP) is 2.74. The lowest BCUT2D eigenvalue weighted by Crippen LogP contribution is -2.46. The van der Waals surface area contributed by atoms with Crippen LogP contribution in [0.25, 0.3) is 0 Å². The summed E-state index contributed by atoms with van der Waals surface area (Å²) in [4.78, 5) is 12.1. The van der Waals surface area contributed by atoms with Crippen molar-refractivity contribution in [2.45, 2.75) is 37.1 Å². The summed E-state index contributed by atoms with van der Waals surface area (Å²) in [6.07, 6.45) is 3.75. The second-order valence-corrected chi connectivity index (χ2v) is 6.81. The third kappa shape index (κ3) is 4.05. The van der Waals surface area contributed by atoms with E-state index in [4.69, 9.17) is 11.6 Å². The van der Waals surface area contributed by atoms with Crippen molar-refractivity contribution in [3.63, 3.8) is 0 Å². The molecule has 1 aliphatic rings. The van der Waals surface area contributed by atoms with Gasteiger partial charge in [0.05, 0.1) is 12.6 Å². The molecular formula is C15H21ClN2O2S. The van der Waals surface area contributed by atoms with Crippen LogP contribution in [0.5, 0.6) is 0 Å². The van der Waals surface area contributed by atoms with Crippen LogP contribution in [0.1, 0.15) is 30.5 Å². The summed E-state index contributed by atoms with van der Waals surface area (Å²) in [5, 5.41) is 15.9. The van der Waals surface area contributed by atoms with Crippen molar-refractivity contribution in [3.05, 3.63) is 34.3 Å². The highest BCUT2D eigenvalue weighted by Gasteiger charge is 2.25. The first-order chi connectivity index (χ1) is 10.0. The van der Waals surface area contributed by atoms with E-state index in [2.05, 4.69) is 10.6 Å². The third-order valence-electron chi connectivity index (χ3n) is 3.89. The molecule has 0 fully saturated rings. The van der Waals surface area contributed by atoms with Gasteiger partial charge in [0, 0.05) is 16.3 Å². The summed E-state index contributed by atoms with van der Waals surface area (Å²) in [7, 11) is 0. The molecule has 0 saturated carbocycles. The molecule has 2 rings (SSSR count). The Kier molecular flexibility index (Phi) is 5.79. The van der Waals surface area contributed by atoms with Crippen LogP contribution in [0.15, 0.2) is 18.2 Å². The van der Waals surface area contributed by atoms with Gasteiger partial charge in [-0.2, -0.15) is 11.8 Å². The first-order valence-corrected chi connectivity index (χ1v) is 8.70. The number of fused-ring (bicyclic) bond motifs is 1. The van der Waals surface area contributed by atoms with E-state index in [-0.39, 0.29) is 30.0 Å². The summed E-state index contributed by atoms with van der Waals surface area (Å²) < 4.78 is 0. The number of nitrogens with one attached hydrogen (secondary N) is 2. The van der Waals surface area contributed by atoms with Gasteiger partial charge >= 0.3 is 6.03 Å². The smallest absolute Gasteiger partial charge is 0.315 e. The van der Waals surface area contributed by atoms with Gasteiger partial charge in [0.15, 0.2) is 0 Å². The molecular weight excluding hydrogens is 308 g/mol. The summed E-state index contributed by atoms with van der Waals surface area (Å²) >= 11 is 7.53. The fraction of sp³-hybridized carbons (Fsp3) is 0.533. The number of aryl methyl sites for hydroxylation is 1. The van der Waals surface area contributed by atoms with Gasteiger partial charge in [0.25, 0.3) is 0 Å². The number of aliphatic hydroxyl groups excluding tert-OH is 1. The Morgan fingerprint density at radius 2 is 2.33 bits per heavy atom. The Hall–Kier alpha value is -0.910. The molecule has 4 nitrogen and oxygen atoms in total. The molecule has 116 valence electrons. The lowest BCUT2D eigenvalue weighted by molar-refractivity contribution is 0.229. The van der Waals surface area contributed by atoms with Crippen molar-refractivity contribution in [2.75, 3.05) is 12.9 Å². The number of urea groups is 1. The number of thioether (sulfide) groups is 1. The molecule has 0 radical (unpaired) electrons. The Balaban J connectivity index is 1.93. The molecule has 3 atom stereocenters. The molecule has 21 heavy (non-hydrogen) atoms. The van der Waals surface area contributed by atoms with Crippen LogP contribution in [-0.4, -0.2) is 35.3 Å². The Labute approximate surface area is 134 Å². The number of hydrogen-bond acceptors (Lipinski definition) is 3. The number of hydrogen-bond donors (Lipinski definition) is 3. The Morgan fingerprint density at radius 3 is 3.00 bits per heavy atom. The van der Waals surface area contributed by atoms with E-state index in [1.165, 1.54) is 5.56 Å². The second kappa shape index (κ2) is 7.38. The molecule has 2 amide bonds. The molecule has 0 aromatic heterocycles. The van der Waals surface area contributed by atoms with Crippen molar-refractivity contribution >= 4 is 29.4 Å². The molecule has 1 aliphatic carbocycles. The number of amides is 2. The normalized spacial score (nSPS) is 19.7. The second-order valence-electron chi connectivity index (χ2n) is 5.30. The molecule has 1 aromatic carbocycles. The quantitative estimate of drug-likeness (QED) is 0.779. The molecule has 3 unspecified atom stereocenters. The molecule has 1 aromatic rings. The van der Waals surface area contributed by atoms with Gasteiger partial charge < -0.3 is 15.7 Å².